The van der Waals surface area contributed by atoms with E-state index in [2.05, 4.69) is 26.0 Å². The molecule has 0 spiro atoms. The lowest BCUT2D eigenvalue weighted by atomic mass is 10.2. The second kappa shape index (κ2) is 5.13. The molecule has 0 saturated carbocycles. The van der Waals surface area contributed by atoms with Crippen LogP contribution >= 0.6 is 15.9 Å². The van der Waals surface area contributed by atoms with E-state index in [0.717, 1.165) is 21.5 Å². The molecule has 0 N–H and O–H groups in total. The van der Waals surface area contributed by atoms with Crippen molar-refractivity contribution in [3.63, 3.8) is 0 Å². The molecule has 5 nitrogen and oxygen atoms in total. The Bertz CT molecular complexity index is 770. The largest absolute Gasteiger partial charge is 0.493 e. The van der Waals surface area contributed by atoms with Crippen molar-refractivity contribution < 1.29 is 9.47 Å². The zero-order chi connectivity index (χ0) is 14.1. The Labute approximate surface area is 124 Å². The predicted octanol–water partition coefficient (Wildman–Crippen LogP) is 3.18. The second-order valence-corrected chi connectivity index (χ2v) is 4.87. The highest BCUT2D eigenvalue weighted by Gasteiger charge is 2.13. The van der Waals surface area contributed by atoms with Gasteiger partial charge in [0.1, 0.15) is 4.60 Å². The molecule has 2 heterocycles. The van der Waals surface area contributed by atoms with Crippen molar-refractivity contribution >= 4 is 21.4 Å². The summed E-state index contributed by atoms with van der Waals surface area (Å²) in [7, 11) is 3.22. The third-order valence-electron chi connectivity index (χ3n) is 3.01. The van der Waals surface area contributed by atoms with Gasteiger partial charge in [-0.05, 0) is 46.3 Å². The van der Waals surface area contributed by atoms with E-state index in [4.69, 9.17) is 9.47 Å². The van der Waals surface area contributed by atoms with Crippen LogP contribution in [0.4, 0.5) is 0 Å². The Balaban J connectivity index is 2.21. The van der Waals surface area contributed by atoms with Gasteiger partial charge >= 0.3 is 0 Å². The number of fused-ring (bicyclic) bond motifs is 1. The lowest BCUT2D eigenvalue weighted by molar-refractivity contribution is 0.355. The van der Waals surface area contributed by atoms with Gasteiger partial charge in [-0.2, -0.15) is 5.10 Å². The van der Waals surface area contributed by atoms with Gasteiger partial charge in [-0.15, -0.1) is 0 Å². The summed E-state index contributed by atoms with van der Waals surface area (Å²) in [4.78, 5) is 4.51. The molecule has 3 aromatic rings. The number of methoxy groups -OCH3 is 2. The van der Waals surface area contributed by atoms with E-state index in [1.54, 1.807) is 24.9 Å². The summed E-state index contributed by atoms with van der Waals surface area (Å²) in [6.45, 7) is 0. The number of hydrogen-bond donors (Lipinski definition) is 0. The maximum absolute atomic E-state index is 5.32. The first-order valence-electron chi connectivity index (χ1n) is 5.96. The van der Waals surface area contributed by atoms with Crippen LogP contribution in [0.15, 0.2) is 41.1 Å². The van der Waals surface area contributed by atoms with Crippen molar-refractivity contribution in [2.24, 2.45) is 0 Å². The Morgan fingerprint density at radius 2 is 1.90 bits per heavy atom. The molecule has 6 heteroatoms. The molecule has 0 fully saturated rings. The minimum absolute atomic E-state index is 0.661. The summed E-state index contributed by atoms with van der Waals surface area (Å²) in [5, 5.41) is 4.33. The highest BCUT2D eigenvalue weighted by molar-refractivity contribution is 9.10. The van der Waals surface area contributed by atoms with Crippen LogP contribution in [0.2, 0.25) is 0 Å². The number of hydrogen-bond acceptors (Lipinski definition) is 4. The summed E-state index contributed by atoms with van der Waals surface area (Å²) in [5.41, 5.74) is 1.82. The van der Waals surface area contributed by atoms with Gasteiger partial charge in [-0.3, -0.25) is 0 Å². The fraction of sp³-hybridized carbons (Fsp3) is 0.143. The van der Waals surface area contributed by atoms with Crippen LogP contribution in [0.1, 0.15) is 0 Å². The molecule has 102 valence electrons. The van der Waals surface area contributed by atoms with Crippen molar-refractivity contribution in [3.05, 3.63) is 41.1 Å². The van der Waals surface area contributed by atoms with E-state index in [0.29, 0.717) is 11.5 Å². The van der Waals surface area contributed by atoms with Gasteiger partial charge in [-0.25, -0.2) is 9.50 Å². The molecule has 0 aliphatic rings. The van der Waals surface area contributed by atoms with Crippen molar-refractivity contribution in [3.8, 4) is 22.9 Å². The smallest absolute Gasteiger partial charge is 0.162 e. The molecule has 0 aliphatic carbocycles. The fourth-order valence-electron chi connectivity index (χ4n) is 2.06. The standard InChI is InChI=1S/C14H12BrN3O2/c1-19-11-6-5-9(8-12(11)20-2)14-17-13(15)10-4-3-7-16-18(10)14/h3-8H,1-2H3. The second-order valence-electron chi connectivity index (χ2n) is 4.12. The normalized spacial score (nSPS) is 10.8. The Morgan fingerprint density at radius 3 is 2.65 bits per heavy atom. The van der Waals surface area contributed by atoms with Crippen LogP contribution in [0.25, 0.3) is 16.9 Å². The number of rotatable bonds is 3. The van der Waals surface area contributed by atoms with Crippen LogP contribution < -0.4 is 9.47 Å². The number of halogens is 1. The minimum atomic E-state index is 0.661. The minimum Gasteiger partial charge on any atom is -0.493 e. The van der Waals surface area contributed by atoms with E-state index in [-0.39, 0.29) is 0 Å². The summed E-state index contributed by atoms with van der Waals surface area (Å²) in [6.07, 6.45) is 1.73. The first-order valence-corrected chi connectivity index (χ1v) is 6.75. The Morgan fingerprint density at radius 1 is 1.10 bits per heavy atom. The molecule has 3 rings (SSSR count). The van der Waals surface area contributed by atoms with Crippen molar-refractivity contribution in [1.29, 1.82) is 0 Å². The number of imidazole rings is 1. The fourth-order valence-corrected chi connectivity index (χ4v) is 2.52. The average Bonchev–Trinajstić information content (AvgIpc) is 2.84. The van der Waals surface area contributed by atoms with Gasteiger partial charge in [0.05, 0.1) is 19.7 Å². The highest BCUT2D eigenvalue weighted by atomic mass is 79.9. The molecule has 0 bridgehead atoms. The molecular formula is C14H12BrN3O2. The van der Waals surface area contributed by atoms with Gasteiger partial charge in [0.15, 0.2) is 17.3 Å². The molecule has 0 radical (unpaired) electrons. The highest BCUT2D eigenvalue weighted by Crippen LogP contribution is 2.33. The summed E-state index contributed by atoms with van der Waals surface area (Å²) >= 11 is 3.45. The van der Waals surface area contributed by atoms with Gasteiger partial charge in [0.25, 0.3) is 0 Å². The van der Waals surface area contributed by atoms with E-state index in [1.165, 1.54) is 0 Å². The molecule has 0 unspecified atom stereocenters. The summed E-state index contributed by atoms with van der Waals surface area (Å²) in [6, 6.07) is 9.49. The number of aromatic nitrogens is 3. The number of ether oxygens (including phenoxy) is 2. The molecule has 2 aromatic heterocycles. The van der Waals surface area contributed by atoms with Crippen LogP contribution in [0, 0.1) is 0 Å². The molecule has 1 aromatic carbocycles. The maximum atomic E-state index is 5.32. The monoisotopic (exact) mass is 333 g/mol. The van der Waals surface area contributed by atoms with Crippen molar-refractivity contribution in [2.45, 2.75) is 0 Å². The molecule has 20 heavy (non-hydrogen) atoms. The SMILES string of the molecule is COc1ccc(-c2nc(Br)c3cccnn23)cc1OC. The lowest BCUT2D eigenvalue weighted by Gasteiger charge is -2.08. The van der Waals surface area contributed by atoms with Gasteiger partial charge in [-0.1, -0.05) is 0 Å². The molecule has 0 saturated heterocycles. The third kappa shape index (κ3) is 2.02. The number of nitrogens with zero attached hydrogens (tertiary/aromatic N) is 3. The van der Waals surface area contributed by atoms with Gasteiger partial charge < -0.3 is 9.47 Å². The third-order valence-corrected chi connectivity index (χ3v) is 3.59. The Kier molecular flexibility index (Phi) is 3.31. The van der Waals surface area contributed by atoms with E-state index >= 15 is 0 Å². The quantitative estimate of drug-likeness (QED) is 0.738. The predicted molar refractivity (Wildman–Crippen MR) is 79.2 cm³/mol. The maximum Gasteiger partial charge on any atom is 0.162 e. The topological polar surface area (TPSA) is 48.7 Å². The molecular weight excluding hydrogens is 322 g/mol. The molecule has 0 amide bonds. The summed E-state index contributed by atoms with van der Waals surface area (Å²) in [5.74, 6) is 2.09. The number of benzene rings is 1. The molecule has 0 aliphatic heterocycles. The zero-order valence-electron chi connectivity index (χ0n) is 11.0. The van der Waals surface area contributed by atoms with Crippen LogP contribution in [0.5, 0.6) is 11.5 Å². The van der Waals surface area contributed by atoms with E-state index < -0.39 is 0 Å². The zero-order valence-corrected chi connectivity index (χ0v) is 12.6. The van der Waals surface area contributed by atoms with Crippen LogP contribution in [-0.2, 0) is 0 Å². The van der Waals surface area contributed by atoms with Crippen molar-refractivity contribution in [1.82, 2.24) is 14.6 Å². The van der Waals surface area contributed by atoms with Gasteiger partial charge in [0, 0.05) is 11.8 Å². The lowest BCUT2D eigenvalue weighted by Crippen LogP contribution is -1.95. The van der Waals surface area contributed by atoms with Crippen molar-refractivity contribution in [2.75, 3.05) is 14.2 Å². The van der Waals surface area contributed by atoms with Crippen LogP contribution in [-0.4, -0.2) is 28.8 Å². The first-order chi connectivity index (χ1) is 9.74. The summed E-state index contributed by atoms with van der Waals surface area (Å²) < 4.78 is 13.1. The van der Waals surface area contributed by atoms with E-state index in [9.17, 15) is 0 Å². The Hall–Kier alpha value is -2.08. The molecule has 0 atom stereocenters. The van der Waals surface area contributed by atoms with E-state index in [1.807, 2.05) is 30.3 Å². The van der Waals surface area contributed by atoms with Gasteiger partial charge in [0.2, 0.25) is 0 Å². The van der Waals surface area contributed by atoms with Crippen LogP contribution in [0.3, 0.4) is 0 Å². The average molecular weight is 334 g/mol. The first kappa shape index (κ1) is 12.9.